The van der Waals surface area contributed by atoms with Gasteiger partial charge < -0.3 is 0 Å². The first-order valence-electron chi connectivity index (χ1n) is 5.45. The van der Waals surface area contributed by atoms with Crippen molar-refractivity contribution in [2.45, 2.75) is 26.2 Å². The molecule has 1 rings (SSSR count). The number of benzene rings is 1. The van der Waals surface area contributed by atoms with Crippen molar-refractivity contribution >= 4 is 17.5 Å². The Morgan fingerprint density at radius 3 is 1.71 bits per heavy atom. The summed E-state index contributed by atoms with van der Waals surface area (Å²) < 4.78 is 74.7. The fourth-order valence-corrected chi connectivity index (χ4v) is 1.52. The molecule has 116 valence electrons. The van der Waals surface area contributed by atoms with Crippen LogP contribution in [0.2, 0.25) is 0 Å². The molecule has 0 heterocycles. The van der Waals surface area contributed by atoms with Gasteiger partial charge in [-0.1, -0.05) is 12.1 Å². The maximum atomic E-state index is 12.5. The molecular formula is C12H9F6NO2. The normalized spacial score (nSPS) is 12.2. The van der Waals surface area contributed by atoms with Crippen molar-refractivity contribution in [2.24, 2.45) is 0 Å². The molecule has 1 aromatic carbocycles. The van der Waals surface area contributed by atoms with Crippen molar-refractivity contribution in [3.8, 4) is 0 Å². The van der Waals surface area contributed by atoms with E-state index >= 15 is 0 Å². The molecule has 0 aromatic heterocycles. The van der Waals surface area contributed by atoms with Crippen LogP contribution in [0, 0.1) is 13.8 Å². The summed E-state index contributed by atoms with van der Waals surface area (Å²) in [6, 6.07) is 3.54. The van der Waals surface area contributed by atoms with E-state index in [2.05, 4.69) is 0 Å². The van der Waals surface area contributed by atoms with E-state index in [0.717, 1.165) is 6.07 Å². The molecule has 0 aliphatic heterocycles. The molecule has 0 fully saturated rings. The van der Waals surface area contributed by atoms with E-state index < -0.39 is 34.8 Å². The Labute approximate surface area is 115 Å². The van der Waals surface area contributed by atoms with Crippen molar-refractivity contribution in [3.63, 3.8) is 0 Å². The van der Waals surface area contributed by atoms with Crippen molar-refractivity contribution in [3.05, 3.63) is 29.3 Å². The topological polar surface area (TPSA) is 37.4 Å². The highest BCUT2D eigenvalue weighted by Crippen LogP contribution is 2.31. The molecule has 3 nitrogen and oxygen atoms in total. The fraction of sp³-hybridized carbons (Fsp3) is 0.333. The summed E-state index contributed by atoms with van der Waals surface area (Å²) >= 11 is 0. The molecule has 0 saturated heterocycles. The molecule has 0 unspecified atom stereocenters. The Balaban J connectivity index is 3.49. The largest absolute Gasteiger partial charge is 0.472 e. The van der Waals surface area contributed by atoms with Gasteiger partial charge in [0.25, 0.3) is 0 Å². The maximum Gasteiger partial charge on any atom is 0.472 e. The van der Waals surface area contributed by atoms with Crippen molar-refractivity contribution in [1.82, 2.24) is 0 Å². The van der Waals surface area contributed by atoms with Gasteiger partial charge in [0.15, 0.2) is 0 Å². The lowest BCUT2D eigenvalue weighted by molar-refractivity contribution is -0.181. The van der Waals surface area contributed by atoms with Crippen LogP contribution in [0.3, 0.4) is 0 Å². The van der Waals surface area contributed by atoms with E-state index in [0.29, 0.717) is 5.56 Å². The van der Waals surface area contributed by atoms with Crippen LogP contribution in [-0.4, -0.2) is 24.2 Å². The highest BCUT2D eigenvalue weighted by molar-refractivity contribution is 6.18. The summed E-state index contributed by atoms with van der Waals surface area (Å²) in [7, 11) is 0. The molecule has 0 N–H and O–H groups in total. The van der Waals surface area contributed by atoms with E-state index in [-0.39, 0.29) is 5.56 Å². The summed E-state index contributed by atoms with van der Waals surface area (Å²) in [6.07, 6.45) is -11.2. The van der Waals surface area contributed by atoms with Crippen molar-refractivity contribution < 1.29 is 35.9 Å². The molecule has 21 heavy (non-hydrogen) atoms. The van der Waals surface area contributed by atoms with Crippen LogP contribution in [0.25, 0.3) is 0 Å². The lowest BCUT2D eigenvalue weighted by atomic mass is 10.1. The van der Waals surface area contributed by atoms with E-state index in [1.165, 1.54) is 26.0 Å². The van der Waals surface area contributed by atoms with Crippen LogP contribution in [0.4, 0.5) is 32.0 Å². The molecule has 0 saturated carbocycles. The Hall–Kier alpha value is -2.06. The molecule has 2 amide bonds. The van der Waals surface area contributed by atoms with Gasteiger partial charge in [0.2, 0.25) is 0 Å². The first-order chi connectivity index (χ1) is 9.35. The van der Waals surface area contributed by atoms with Gasteiger partial charge in [-0.15, -0.1) is 0 Å². The first-order valence-corrected chi connectivity index (χ1v) is 5.45. The Morgan fingerprint density at radius 2 is 1.33 bits per heavy atom. The summed E-state index contributed by atoms with van der Waals surface area (Å²) in [6.45, 7) is 2.59. The minimum absolute atomic E-state index is 0.0733. The Kier molecular flexibility index (Phi) is 4.35. The van der Waals surface area contributed by atoms with Crippen LogP contribution in [0.1, 0.15) is 11.1 Å². The number of anilines is 1. The lowest BCUT2D eigenvalue weighted by Crippen LogP contribution is -2.50. The standard InChI is InChI=1S/C12H9F6NO2/c1-6-3-4-7(2)8(5-6)19(9(20)11(13,14)15)10(21)12(16,17)18/h3-5H,1-2H3. The van der Waals surface area contributed by atoms with E-state index in [1.807, 2.05) is 0 Å². The second kappa shape index (κ2) is 5.38. The van der Waals surface area contributed by atoms with Crippen molar-refractivity contribution in [1.29, 1.82) is 0 Å². The fourth-order valence-electron chi connectivity index (χ4n) is 1.52. The van der Waals surface area contributed by atoms with E-state index in [9.17, 15) is 35.9 Å². The number of aryl methyl sites for hydroxylation is 2. The van der Waals surface area contributed by atoms with E-state index in [4.69, 9.17) is 0 Å². The summed E-state index contributed by atoms with van der Waals surface area (Å²) in [5, 5.41) is 0. The maximum absolute atomic E-state index is 12.5. The van der Waals surface area contributed by atoms with Gasteiger partial charge in [-0.3, -0.25) is 9.59 Å². The molecule has 0 atom stereocenters. The number of carbonyl (C=O) groups excluding carboxylic acids is 2. The Morgan fingerprint density at radius 1 is 0.905 bits per heavy atom. The van der Waals surface area contributed by atoms with Crippen LogP contribution in [0.5, 0.6) is 0 Å². The van der Waals surface area contributed by atoms with Gasteiger partial charge in [-0.2, -0.15) is 26.3 Å². The SMILES string of the molecule is Cc1ccc(C)c(N(C(=O)C(F)(F)F)C(=O)C(F)(F)F)c1. The van der Waals surface area contributed by atoms with E-state index in [1.54, 1.807) is 0 Å². The summed E-state index contributed by atoms with van der Waals surface area (Å²) in [4.78, 5) is 21.5. The summed E-state index contributed by atoms with van der Waals surface area (Å²) in [5.41, 5.74) is -0.527. The third-order valence-electron chi connectivity index (χ3n) is 2.50. The zero-order valence-corrected chi connectivity index (χ0v) is 10.8. The second-order valence-corrected chi connectivity index (χ2v) is 4.23. The molecular weight excluding hydrogens is 304 g/mol. The van der Waals surface area contributed by atoms with Gasteiger partial charge in [-0.25, -0.2) is 4.90 Å². The Bertz CT molecular complexity index is 550. The number of alkyl halides is 6. The molecule has 0 aliphatic rings. The summed E-state index contributed by atoms with van der Waals surface area (Å²) in [5.74, 6) is -5.78. The van der Waals surface area contributed by atoms with Gasteiger partial charge >= 0.3 is 24.2 Å². The predicted molar refractivity (Wildman–Crippen MR) is 60.5 cm³/mol. The number of hydrogen-bond acceptors (Lipinski definition) is 2. The molecule has 9 heteroatoms. The lowest BCUT2D eigenvalue weighted by Gasteiger charge is -2.24. The number of carbonyl (C=O) groups is 2. The highest BCUT2D eigenvalue weighted by atomic mass is 19.4. The van der Waals surface area contributed by atoms with Crippen LogP contribution < -0.4 is 4.90 Å². The van der Waals surface area contributed by atoms with Gasteiger partial charge in [0, 0.05) is 0 Å². The minimum atomic E-state index is -5.61. The second-order valence-electron chi connectivity index (χ2n) is 4.23. The number of imide groups is 1. The average Bonchev–Trinajstić information content (AvgIpc) is 2.31. The van der Waals surface area contributed by atoms with Crippen LogP contribution >= 0.6 is 0 Å². The number of amides is 2. The highest BCUT2D eigenvalue weighted by Gasteiger charge is 2.53. The molecule has 1 aromatic rings. The number of hydrogen-bond donors (Lipinski definition) is 0. The van der Waals surface area contributed by atoms with Gasteiger partial charge in [0.1, 0.15) is 0 Å². The zero-order valence-electron chi connectivity index (χ0n) is 10.8. The zero-order chi connectivity index (χ0) is 16.6. The minimum Gasteiger partial charge on any atom is -0.263 e. The number of rotatable bonds is 1. The average molecular weight is 313 g/mol. The molecule has 0 radical (unpaired) electrons. The predicted octanol–water partition coefficient (Wildman–Crippen LogP) is 3.29. The van der Waals surface area contributed by atoms with Gasteiger partial charge in [-0.05, 0) is 31.0 Å². The quantitative estimate of drug-likeness (QED) is 0.746. The molecule has 0 spiro atoms. The molecule has 0 aliphatic carbocycles. The first kappa shape index (κ1) is 17.0. The van der Waals surface area contributed by atoms with Gasteiger partial charge in [0.05, 0.1) is 5.69 Å². The third-order valence-corrected chi connectivity index (χ3v) is 2.50. The third kappa shape index (κ3) is 3.73. The van der Waals surface area contributed by atoms with Crippen molar-refractivity contribution in [2.75, 3.05) is 4.90 Å². The van der Waals surface area contributed by atoms with Crippen LogP contribution in [0.15, 0.2) is 18.2 Å². The molecule has 0 bridgehead atoms. The monoisotopic (exact) mass is 313 g/mol. The number of nitrogens with zero attached hydrogens (tertiary/aromatic N) is 1. The number of halogens is 6. The van der Waals surface area contributed by atoms with Crippen LogP contribution in [-0.2, 0) is 9.59 Å². The smallest absolute Gasteiger partial charge is 0.263 e.